The highest BCUT2D eigenvalue weighted by Crippen LogP contribution is 2.49. The van der Waals surface area contributed by atoms with Crippen molar-refractivity contribution in [2.24, 2.45) is 5.41 Å². The Morgan fingerprint density at radius 1 is 1.07 bits per heavy atom. The highest BCUT2D eigenvalue weighted by atomic mass is 16.5. The molecule has 1 aliphatic carbocycles. The van der Waals surface area contributed by atoms with Crippen molar-refractivity contribution >= 4 is 17.5 Å². The van der Waals surface area contributed by atoms with Crippen LogP contribution in [0.2, 0.25) is 0 Å². The first-order valence-electron chi connectivity index (χ1n) is 10.1. The lowest BCUT2D eigenvalue weighted by Crippen LogP contribution is -2.33. The van der Waals surface area contributed by atoms with Crippen LogP contribution in [-0.2, 0) is 9.59 Å². The topological polar surface area (TPSA) is 69.7 Å². The van der Waals surface area contributed by atoms with Gasteiger partial charge in [-0.05, 0) is 35.7 Å². The zero-order chi connectivity index (χ0) is 21.5. The Morgan fingerprint density at radius 2 is 1.77 bits per heavy atom. The second-order valence-electron chi connectivity index (χ2n) is 8.72. The summed E-state index contributed by atoms with van der Waals surface area (Å²) in [6.45, 7) is 5.45. The number of allylic oxidation sites excluding steroid dienone is 2. The van der Waals surface area contributed by atoms with Crippen molar-refractivity contribution in [3.63, 3.8) is 0 Å². The van der Waals surface area contributed by atoms with Crippen LogP contribution in [0.4, 0.5) is 0 Å². The van der Waals surface area contributed by atoms with Crippen LogP contribution in [0.5, 0.6) is 11.5 Å². The third-order valence-corrected chi connectivity index (χ3v) is 5.58. The summed E-state index contributed by atoms with van der Waals surface area (Å²) >= 11 is 0. The van der Waals surface area contributed by atoms with E-state index in [1.807, 2.05) is 24.3 Å². The molecule has 2 aromatic carbocycles. The molecule has 0 radical (unpaired) electrons. The molecule has 0 N–H and O–H groups in total. The number of carbonyl (C=O) groups excluding carboxylic acids is 3. The van der Waals surface area contributed by atoms with Crippen molar-refractivity contribution in [3.8, 4) is 11.5 Å². The van der Waals surface area contributed by atoms with Crippen molar-refractivity contribution in [2.45, 2.75) is 46.0 Å². The number of hydrogen-bond acceptors (Lipinski definition) is 5. The number of ether oxygens (including phenoxy) is 2. The molecule has 0 aromatic heterocycles. The van der Waals surface area contributed by atoms with Gasteiger partial charge in [0, 0.05) is 48.8 Å². The summed E-state index contributed by atoms with van der Waals surface area (Å²) < 4.78 is 11.1. The Kier molecular flexibility index (Phi) is 5.06. The van der Waals surface area contributed by atoms with Gasteiger partial charge in [-0.15, -0.1) is 0 Å². The smallest absolute Gasteiger partial charge is 0.308 e. The van der Waals surface area contributed by atoms with E-state index < -0.39 is 5.97 Å². The maximum atomic E-state index is 13.1. The van der Waals surface area contributed by atoms with Gasteiger partial charge in [0.25, 0.3) is 0 Å². The normalized spacial score (nSPS) is 19.4. The molecule has 2 aliphatic rings. The SMILES string of the molecule is CC(=O)Oc1ccc(C(=O)C[C@H]2C3=C(CC(C)(C)CC3=O)Oc3ccccc32)cc1. The van der Waals surface area contributed by atoms with Gasteiger partial charge in [0.1, 0.15) is 17.3 Å². The summed E-state index contributed by atoms with van der Waals surface area (Å²) in [6, 6.07) is 14.1. The number of Topliss-reactive ketones (excluding diaryl/α,β-unsaturated/α-hetero) is 2. The largest absolute Gasteiger partial charge is 0.461 e. The second-order valence-corrected chi connectivity index (χ2v) is 8.72. The van der Waals surface area contributed by atoms with Crippen molar-refractivity contribution < 1.29 is 23.9 Å². The third-order valence-electron chi connectivity index (χ3n) is 5.58. The summed E-state index contributed by atoms with van der Waals surface area (Å²) in [7, 11) is 0. The van der Waals surface area contributed by atoms with Gasteiger partial charge in [-0.1, -0.05) is 32.0 Å². The lowest BCUT2D eigenvalue weighted by Gasteiger charge is -2.38. The van der Waals surface area contributed by atoms with Crippen LogP contribution >= 0.6 is 0 Å². The number of rotatable bonds is 4. The molecule has 154 valence electrons. The van der Waals surface area contributed by atoms with E-state index in [0.717, 1.165) is 5.56 Å². The van der Waals surface area contributed by atoms with Crippen LogP contribution in [0.3, 0.4) is 0 Å². The maximum absolute atomic E-state index is 13.1. The lowest BCUT2D eigenvalue weighted by molar-refractivity contribution is -0.131. The van der Waals surface area contributed by atoms with E-state index in [1.165, 1.54) is 6.92 Å². The van der Waals surface area contributed by atoms with Crippen LogP contribution in [0.25, 0.3) is 0 Å². The van der Waals surface area contributed by atoms with Crippen molar-refractivity contribution in [1.29, 1.82) is 0 Å². The molecule has 1 heterocycles. The van der Waals surface area contributed by atoms with Crippen molar-refractivity contribution in [3.05, 3.63) is 71.0 Å². The van der Waals surface area contributed by atoms with Crippen LogP contribution in [0.15, 0.2) is 59.9 Å². The first kappa shape index (κ1) is 20.1. The molecule has 1 aliphatic heterocycles. The molecule has 0 bridgehead atoms. The fraction of sp³-hybridized carbons (Fsp3) is 0.320. The standard InChI is InChI=1S/C25H24O5/c1-15(26)29-17-10-8-16(9-11-17)20(27)12-19-18-6-4-5-7-22(18)30-23-14-25(2,3)13-21(28)24(19)23/h4-11,19H,12-14H2,1-3H3/t19-/m1/s1. The fourth-order valence-electron chi connectivity index (χ4n) is 4.30. The molecule has 5 nitrogen and oxygen atoms in total. The van der Waals surface area contributed by atoms with E-state index in [4.69, 9.17) is 9.47 Å². The molecule has 0 fully saturated rings. The van der Waals surface area contributed by atoms with Gasteiger partial charge in [0.2, 0.25) is 0 Å². The van der Waals surface area contributed by atoms with Gasteiger partial charge >= 0.3 is 5.97 Å². The van der Waals surface area contributed by atoms with Crippen molar-refractivity contribution in [2.75, 3.05) is 0 Å². The summed E-state index contributed by atoms with van der Waals surface area (Å²) in [4.78, 5) is 37.2. The summed E-state index contributed by atoms with van der Waals surface area (Å²) in [5.41, 5.74) is 1.86. The second kappa shape index (κ2) is 7.56. The van der Waals surface area contributed by atoms with Crippen molar-refractivity contribution in [1.82, 2.24) is 0 Å². The van der Waals surface area contributed by atoms with Crippen LogP contribution in [0, 0.1) is 5.41 Å². The minimum Gasteiger partial charge on any atom is -0.461 e. The lowest BCUT2D eigenvalue weighted by atomic mass is 9.70. The zero-order valence-corrected chi connectivity index (χ0v) is 17.4. The summed E-state index contributed by atoms with van der Waals surface area (Å²) in [5.74, 6) is 1.04. The van der Waals surface area contributed by atoms with E-state index in [0.29, 0.717) is 41.2 Å². The third kappa shape index (κ3) is 3.92. The molecule has 0 unspecified atom stereocenters. The number of benzene rings is 2. The highest BCUT2D eigenvalue weighted by Gasteiger charge is 2.41. The number of fused-ring (bicyclic) bond motifs is 1. The molecule has 1 atom stereocenters. The number of carbonyl (C=O) groups is 3. The number of para-hydroxylation sites is 1. The Hall–Kier alpha value is -3.21. The average molecular weight is 404 g/mol. The van der Waals surface area contributed by atoms with Crippen LogP contribution in [-0.4, -0.2) is 17.5 Å². The number of hydrogen-bond donors (Lipinski definition) is 0. The molecular formula is C25H24O5. The predicted molar refractivity (Wildman–Crippen MR) is 112 cm³/mol. The van der Waals surface area contributed by atoms with Gasteiger partial charge in [-0.3, -0.25) is 14.4 Å². The van der Waals surface area contributed by atoms with Gasteiger partial charge < -0.3 is 9.47 Å². The van der Waals surface area contributed by atoms with Gasteiger partial charge in [-0.2, -0.15) is 0 Å². The minimum absolute atomic E-state index is 0.0544. The molecule has 5 heteroatoms. The average Bonchev–Trinajstić information content (AvgIpc) is 2.66. The number of esters is 1. The first-order valence-corrected chi connectivity index (χ1v) is 10.1. The molecule has 0 saturated carbocycles. The molecule has 0 spiro atoms. The quantitative estimate of drug-likeness (QED) is 0.407. The molecule has 0 amide bonds. The van der Waals surface area contributed by atoms with Crippen LogP contribution in [0.1, 0.15) is 61.9 Å². The Balaban J connectivity index is 1.66. The summed E-state index contributed by atoms with van der Waals surface area (Å²) in [5, 5.41) is 0. The monoisotopic (exact) mass is 404 g/mol. The fourth-order valence-corrected chi connectivity index (χ4v) is 4.30. The molecule has 0 saturated heterocycles. The number of ketones is 2. The molecular weight excluding hydrogens is 380 g/mol. The van der Waals surface area contributed by atoms with E-state index in [1.54, 1.807) is 24.3 Å². The Bertz CT molecular complexity index is 1060. The molecule has 4 rings (SSSR count). The van der Waals surface area contributed by atoms with Gasteiger partial charge in [0.05, 0.1) is 0 Å². The predicted octanol–water partition coefficient (Wildman–Crippen LogP) is 5.00. The first-order chi connectivity index (χ1) is 14.2. The van der Waals surface area contributed by atoms with E-state index in [9.17, 15) is 14.4 Å². The van der Waals surface area contributed by atoms with E-state index in [2.05, 4.69) is 13.8 Å². The maximum Gasteiger partial charge on any atom is 0.308 e. The highest BCUT2D eigenvalue weighted by molar-refractivity contribution is 6.02. The zero-order valence-electron chi connectivity index (χ0n) is 17.4. The van der Waals surface area contributed by atoms with E-state index >= 15 is 0 Å². The van der Waals surface area contributed by atoms with E-state index in [-0.39, 0.29) is 29.3 Å². The summed E-state index contributed by atoms with van der Waals surface area (Å²) in [6.07, 6.45) is 1.29. The minimum atomic E-state index is -0.411. The Labute approximate surface area is 175 Å². The van der Waals surface area contributed by atoms with Gasteiger partial charge in [-0.25, -0.2) is 0 Å². The Morgan fingerprint density at radius 3 is 2.47 bits per heavy atom. The van der Waals surface area contributed by atoms with Crippen LogP contribution < -0.4 is 9.47 Å². The molecule has 30 heavy (non-hydrogen) atoms. The van der Waals surface area contributed by atoms with Gasteiger partial charge in [0.15, 0.2) is 11.6 Å². The molecule has 2 aromatic rings.